The first kappa shape index (κ1) is 20.4. The van der Waals surface area contributed by atoms with Crippen LogP contribution in [0.2, 0.25) is 0 Å². The molecular formula is C20H26N4O3S. The molecule has 0 unspecified atom stereocenters. The van der Waals surface area contributed by atoms with Gasteiger partial charge in [-0.05, 0) is 30.2 Å². The molecule has 150 valence electrons. The van der Waals surface area contributed by atoms with Gasteiger partial charge in [0, 0.05) is 43.0 Å². The fourth-order valence-electron chi connectivity index (χ4n) is 2.82. The van der Waals surface area contributed by atoms with Crippen LogP contribution in [0.15, 0.2) is 29.1 Å². The van der Waals surface area contributed by atoms with E-state index >= 15 is 0 Å². The molecule has 1 aromatic carbocycles. The Morgan fingerprint density at radius 2 is 1.93 bits per heavy atom. The third-order valence-corrected chi connectivity index (χ3v) is 5.36. The average Bonchev–Trinajstić information content (AvgIpc) is 2.72. The number of H-pyrrole nitrogens is 1. The summed E-state index contributed by atoms with van der Waals surface area (Å²) in [7, 11) is 0. The molecule has 2 aromatic rings. The monoisotopic (exact) mass is 402 g/mol. The first-order chi connectivity index (χ1) is 13.5. The molecule has 1 aliphatic heterocycles. The largest absolute Gasteiger partial charge is 0.493 e. The highest BCUT2D eigenvalue weighted by Gasteiger charge is 2.17. The Morgan fingerprint density at radius 3 is 2.57 bits per heavy atom. The minimum Gasteiger partial charge on any atom is -0.493 e. The Hall–Kier alpha value is -2.35. The predicted octanol–water partition coefficient (Wildman–Crippen LogP) is 2.37. The average molecular weight is 403 g/mol. The van der Waals surface area contributed by atoms with Crippen molar-refractivity contribution >= 4 is 17.7 Å². The second-order valence-corrected chi connectivity index (χ2v) is 8.40. The Balaban J connectivity index is 1.60. The number of carbonyl (C=O) groups excluding carboxylic acids is 1. The predicted molar refractivity (Wildman–Crippen MR) is 111 cm³/mol. The van der Waals surface area contributed by atoms with Gasteiger partial charge in [0.25, 0.3) is 5.56 Å². The van der Waals surface area contributed by atoms with E-state index in [0.717, 1.165) is 35.9 Å². The van der Waals surface area contributed by atoms with E-state index < -0.39 is 0 Å². The van der Waals surface area contributed by atoms with Crippen molar-refractivity contribution in [2.45, 2.75) is 26.7 Å². The summed E-state index contributed by atoms with van der Waals surface area (Å²) in [5, 5.41) is 8.18. The lowest BCUT2D eigenvalue weighted by molar-refractivity contribution is -0.130. The smallest absolute Gasteiger partial charge is 0.273 e. The number of hydrogen-bond acceptors (Lipinski definition) is 6. The van der Waals surface area contributed by atoms with Crippen LogP contribution in [0.25, 0.3) is 11.4 Å². The van der Waals surface area contributed by atoms with Crippen LogP contribution < -0.4 is 10.3 Å². The molecule has 0 radical (unpaired) electrons. The second-order valence-electron chi connectivity index (χ2n) is 7.17. The molecule has 28 heavy (non-hydrogen) atoms. The first-order valence-corrected chi connectivity index (χ1v) is 10.7. The van der Waals surface area contributed by atoms with E-state index in [9.17, 15) is 9.59 Å². The highest BCUT2D eigenvalue weighted by molar-refractivity contribution is 7.99. The molecule has 1 amide bonds. The number of aryl methyl sites for hydroxylation is 1. The van der Waals surface area contributed by atoms with E-state index in [-0.39, 0.29) is 17.9 Å². The van der Waals surface area contributed by atoms with Gasteiger partial charge in [-0.2, -0.15) is 11.8 Å². The molecule has 0 bridgehead atoms. The third-order valence-electron chi connectivity index (χ3n) is 4.42. The topological polar surface area (TPSA) is 88.2 Å². The van der Waals surface area contributed by atoms with Gasteiger partial charge in [-0.25, -0.2) is 0 Å². The summed E-state index contributed by atoms with van der Waals surface area (Å²) in [4.78, 5) is 29.2. The molecule has 3 rings (SSSR count). The van der Waals surface area contributed by atoms with Gasteiger partial charge in [0.1, 0.15) is 11.4 Å². The molecule has 1 N–H and O–H groups in total. The van der Waals surface area contributed by atoms with Crippen LogP contribution in [-0.4, -0.2) is 57.2 Å². The quantitative estimate of drug-likeness (QED) is 0.765. The van der Waals surface area contributed by atoms with Crippen molar-refractivity contribution in [2.75, 3.05) is 31.2 Å². The lowest BCUT2D eigenvalue weighted by atomic mass is 10.2. The van der Waals surface area contributed by atoms with Crippen LogP contribution in [0.1, 0.15) is 26.0 Å². The second kappa shape index (κ2) is 9.73. The zero-order valence-corrected chi connectivity index (χ0v) is 17.1. The van der Waals surface area contributed by atoms with E-state index in [2.05, 4.69) is 29.0 Å². The standard InChI is InChI=1S/C20H26N4O3S/c1-14(2)13-27-16-5-3-15(4-6-16)19-21-20(26)17(22-23-19)7-8-18(25)24-9-11-28-12-10-24/h3-6,14H,7-13H2,1-2H3,(H,21,23,26). The number of rotatable bonds is 7. The maximum atomic E-state index is 12.3. The molecule has 1 saturated heterocycles. The normalized spacial score (nSPS) is 14.3. The molecule has 1 aliphatic rings. The maximum absolute atomic E-state index is 12.3. The highest BCUT2D eigenvalue weighted by atomic mass is 32.2. The van der Waals surface area contributed by atoms with E-state index in [4.69, 9.17) is 4.74 Å². The molecule has 8 heteroatoms. The number of thioether (sulfide) groups is 1. The fraction of sp³-hybridized carbons (Fsp3) is 0.500. The zero-order valence-electron chi connectivity index (χ0n) is 16.3. The number of nitrogens with zero attached hydrogens (tertiary/aromatic N) is 3. The van der Waals surface area contributed by atoms with Gasteiger partial charge < -0.3 is 14.6 Å². The van der Waals surface area contributed by atoms with Crippen LogP contribution in [0.4, 0.5) is 0 Å². The van der Waals surface area contributed by atoms with Gasteiger partial charge in [-0.15, -0.1) is 10.2 Å². The summed E-state index contributed by atoms with van der Waals surface area (Å²) in [6.45, 7) is 6.40. The van der Waals surface area contributed by atoms with Crippen molar-refractivity contribution in [1.82, 2.24) is 20.1 Å². The minimum absolute atomic E-state index is 0.0718. The molecule has 0 spiro atoms. The van der Waals surface area contributed by atoms with Crippen molar-refractivity contribution in [2.24, 2.45) is 5.92 Å². The van der Waals surface area contributed by atoms with Gasteiger partial charge in [-0.1, -0.05) is 13.8 Å². The number of carbonyl (C=O) groups is 1. The summed E-state index contributed by atoms with van der Waals surface area (Å²) in [5.41, 5.74) is 0.752. The molecule has 0 aliphatic carbocycles. The van der Waals surface area contributed by atoms with Gasteiger partial charge in [0.15, 0.2) is 5.82 Å². The summed E-state index contributed by atoms with van der Waals surface area (Å²) in [6.07, 6.45) is 0.580. The third kappa shape index (κ3) is 5.58. The van der Waals surface area contributed by atoms with Crippen molar-refractivity contribution in [3.63, 3.8) is 0 Å². The number of aromatic amines is 1. The Labute approximate surface area is 168 Å². The SMILES string of the molecule is CC(C)COc1ccc(-c2nnc(CCC(=O)N3CCSCC3)c(=O)[nH]2)cc1. The zero-order chi connectivity index (χ0) is 19.9. The van der Waals surface area contributed by atoms with Gasteiger partial charge >= 0.3 is 0 Å². The summed E-state index contributed by atoms with van der Waals surface area (Å²) in [6, 6.07) is 7.38. The van der Waals surface area contributed by atoms with E-state index in [1.807, 2.05) is 40.9 Å². The molecule has 1 aromatic heterocycles. The minimum atomic E-state index is -0.299. The fourth-order valence-corrected chi connectivity index (χ4v) is 3.73. The number of amides is 1. The van der Waals surface area contributed by atoms with E-state index in [1.54, 1.807) is 0 Å². The lowest BCUT2D eigenvalue weighted by Crippen LogP contribution is -2.38. The Kier molecular flexibility index (Phi) is 7.08. The van der Waals surface area contributed by atoms with Crippen molar-refractivity contribution < 1.29 is 9.53 Å². The van der Waals surface area contributed by atoms with E-state index in [1.165, 1.54) is 0 Å². The summed E-state index contributed by atoms with van der Waals surface area (Å²) in [5.74, 6) is 3.66. The number of benzene rings is 1. The summed E-state index contributed by atoms with van der Waals surface area (Å²) >= 11 is 1.86. The van der Waals surface area contributed by atoms with Crippen molar-refractivity contribution in [3.05, 3.63) is 40.3 Å². The van der Waals surface area contributed by atoms with Crippen LogP contribution in [0, 0.1) is 5.92 Å². The first-order valence-electron chi connectivity index (χ1n) is 9.57. The molecule has 7 nitrogen and oxygen atoms in total. The summed E-state index contributed by atoms with van der Waals surface area (Å²) < 4.78 is 5.66. The Bertz CT molecular complexity index is 845. The molecule has 2 heterocycles. The highest BCUT2D eigenvalue weighted by Crippen LogP contribution is 2.19. The molecule has 0 atom stereocenters. The Morgan fingerprint density at radius 1 is 1.21 bits per heavy atom. The molecule has 1 fully saturated rings. The number of nitrogens with one attached hydrogen (secondary N) is 1. The van der Waals surface area contributed by atoms with Crippen LogP contribution in [0.3, 0.4) is 0 Å². The lowest BCUT2D eigenvalue weighted by Gasteiger charge is -2.26. The van der Waals surface area contributed by atoms with Crippen LogP contribution in [-0.2, 0) is 11.2 Å². The number of hydrogen-bond donors (Lipinski definition) is 1. The van der Waals surface area contributed by atoms with Gasteiger partial charge in [-0.3, -0.25) is 9.59 Å². The number of ether oxygens (including phenoxy) is 1. The number of aromatic nitrogens is 3. The molecule has 0 saturated carbocycles. The van der Waals surface area contributed by atoms with Gasteiger partial charge in [0.2, 0.25) is 5.91 Å². The maximum Gasteiger partial charge on any atom is 0.273 e. The van der Waals surface area contributed by atoms with Gasteiger partial charge in [0.05, 0.1) is 6.61 Å². The van der Waals surface area contributed by atoms with Crippen molar-refractivity contribution in [3.8, 4) is 17.1 Å². The van der Waals surface area contributed by atoms with E-state index in [0.29, 0.717) is 30.5 Å². The van der Waals surface area contributed by atoms with Crippen LogP contribution in [0.5, 0.6) is 5.75 Å². The molecular weight excluding hydrogens is 376 g/mol. The van der Waals surface area contributed by atoms with Crippen molar-refractivity contribution in [1.29, 1.82) is 0 Å². The van der Waals surface area contributed by atoms with Crippen LogP contribution >= 0.6 is 11.8 Å².